The van der Waals surface area contributed by atoms with Gasteiger partial charge in [0, 0.05) is 42.9 Å². The van der Waals surface area contributed by atoms with Crippen LogP contribution in [0.2, 0.25) is 0 Å². The number of fused-ring (bicyclic) bond motifs is 3. The van der Waals surface area contributed by atoms with Crippen molar-refractivity contribution in [2.45, 2.75) is 65.0 Å². The van der Waals surface area contributed by atoms with E-state index in [4.69, 9.17) is 25.7 Å². The number of aliphatic hydroxyl groups is 1. The summed E-state index contributed by atoms with van der Waals surface area (Å²) in [7, 11) is 2.87. The van der Waals surface area contributed by atoms with Crippen molar-refractivity contribution < 1.29 is 43.3 Å². The van der Waals surface area contributed by atoms with Gasteiger partial charge in [0.1, 0.15) is 6.10 Å². The number of allylic oxidation sites excluding steroid dienone is 4. The first kappa shape index (κ1) is 39.6. The fourth-order valence-electron chi connectivity index (χ4n) is 6.55. The maximum absolute atomic E-state index is 14.2. The maximum Gasteiger partial charge on any atom is 0.405 e. The highest BCUT2D eigenvalue weighted by Gasteiger charge is 2.36. The molecular formula is C40H47N3O9. The number of ether oxygens (including phenoxy) is 3. The number of rotatable bonds is 6. The lowest BCUT2D eigenvalue weighted by molar-refractivity contribution is -0.128. The molecule has 4 rings (SSSR count). The van der Waals surface area contributed by atoms with Crippen LogP contribution in [0, 0.1) is 11.8 Å². The minimum atomic E-state index is -1.04. The summed E-state index contributed by atoms with van der Waals surface area (Å²) >= 11 is 0. The normalized spacial score (nSPS) is 28.1. The van der Waals surface area contributed by atoms with Gasteiger partial charge in [-0.3, -0.25) is 24.1 Å². The number of nitrogens with zero attached hydrogens (tertiary/aromatic N) is 1. The van der Waals surface area contributed by atoms with Gasteiger partial charge in [-0.2, -0.15) is 0 Å². The average molecular weight is 714 g/mol. The molecule has 2 aliphatic rings. The maximum atomic E-state index is 14.2. The molecule has 0 unspecified atom stereocenters. The zero-order valence-electron chi connectivity index (χ0n) is 30.3. The van der Waals surface area contributed by atoms with E-state index in [0.29, 0.717) is 11.1 Å². The molecule has 1 heterocycles. The number of carbonyl (C=O) groups excluding carboxylic acids is 5. The van der Waals surface area contributed by atoms with E-state index in [0.717, 1.165) is 21.7 Å². The third-order valence-electron chi connectivity index (χ3n) is 9.46. The van der Waals surface area contributed by atoms with Crippen LogP contribution in [0.25, 0.3) is 10.8 Å². The molecule has 276 valence electrons. The Morgan fingerprint density at radius 2 is 1.69 bits per heavy atom. The number of aliphatic hydroxyl groups excluding tert-OH is 1. The summed E-state index contributed by atoms with van der Waals surface area (Å²) in [6.45, 7) is 6.27. The summed E-state index contributed by atoms with van der Waals surface area (Å²) in [5, 5.41) is 13.1. The van der Waals surface area contributed by atoms with Crippen molar-refractivity contribution in [3.8, 4) is 0 Å². The van der Waals surface area contributed by atoms with Crippen LogP contribution >= 0.6 is 0 Å². The van der Waals surface area contributed by atoms with Gasteiger partial charge in [0.25, 0.3) is 5.91 Å². The minimum Gasteiger partial charge on any atom is -0.439 e. The Bertz CT molecular complexity index is 1890. The standard InChI is InChI=1S/C40H47N3O9/c1-22-16-29-35(41)31(44)20-30(37(29)47)43(21-32(45)28-15-14-26-11-7-8-12-27(26)19-28)39(48)23(2)10-9-13-33(50-5)38(52-40(42)49)25(4)18-24(3)36(46)34(17-22)51-6/h7-15,18-20,22,24,33-34,36,38,46H,16-17,21,41H2,1-6H3,(H2,42,49)/b13-9-,23-10+,25-18+/t22-,24+,33+,34+,36-,38+/m1/s1. The predicted molar refractivity (Wildman–Crippen MR) is 196 cm³/mol. The number of ketones is 3. The zero-order valence-corrected chi connectivity index (χ0v) is 30.3. The van der Waals surface area contributed by atoms with E-state index in [1.807, 2.05) is 31.2 Å². The molecule has 0 saturated carbocycles. The van der Waals surface area contributed by atoms with Crippen molar-refractivity contribution in [1.29, 1.82) is 0 Å². The van der Waals surface area contributed by atoms with Crippen LogP contribution in [0.1, 0.15) is 50.9 Å². The molecule has 2 aromatic rings. The Balaban J connectivity index is 1.83. The first-order valence-electron chi connectivity index (χ1n) is 17.0. The molecule has 2 amide bonds. The number of hydrogen-bond donors (Lipinski definition) is 3. The van der Waals surface area contributed by atoms with Gasteiger partial charge >= 0.3 is 6.09 Å². The molecule has 1 aliphatic heterocycles. The van der Waals surface area contributed by atoms with Crippen LogP contribution in [0.15, 0.2) is 101 Å². The van der Waals surface area contributed by atoms with Gasteiger partial charge in [-0.15, -0.1) is 0 Å². The molecule has 2 aromatic carbocycles. The van der Waals surface area contributed by atoms with E-state index in [1.165, 1.54) is 33.3 Å². The zero-order chi connectivity index (χ0) is 38.3. The Kier molecular flexibility index (Phi) is 13.2. The number of amides is 2. The van der Waals surface area contributed by atoms with Crippen molar-refractivity contribution in [2.75, 3.05) is 20.8 Å². The van der Waals surface area contributed by atoms with Crippen LogP contribution in [-0.4, -0.2) is 84.5 Å². The Morgan fingerprint density at radius 1 is 1.00 bits per heavy atom. The van der Waals surface area contributed by atoms with Crippen molar-refractivity contribution in [2.24, 2.45) is 23.3 Å². The van der Waals surface area contributed by atoms with Crippen molar-refractivity contribution in [3.63, 3.8) is 0 Å². The fraction of sp³-hybridized carbons (Fsp3) is 0.375. The summed E-state index contributed by atoms with van der Waals surface area (Å²) in [4.78, 5) is 68.4. The summed E-state index contributed by atoms with van der Waals surface area (Å²) in [5.41, 5.74) is 12.1. The predicted octanol–water partition coefficient (Wildman–Crippen LogP) is 4.47. The lowest BCUT2D eigenvalue weighted by Crippen LogP contribution is -2.41. The number of Topliss-reactive ketones (excluding diaryl/α,β-unsaturated/α-hetero) is 2. The van der Waals surface area contributed by atoms with Crippen LogP contribution in [0.5, 0.6) is 0 Å². The number of hydrogen-bond acceptors (Lipinski definition) is 10. The number of primary amides is 1. The Morgan fingerprint density at radius 3 is 2.35 bits per heavy atom. The summed E-state index contributed by atoms with van der Waals surface area (Å²) in [5.74, 6) is -3.31. The molecule has 12 heteroatoms. The number of methoxy groups -OCH3 is 2. The second kappa shape index (κ2) is 17.4. The second-order valence-electron chi connectivity index (χ2n) is 13.4. The van der Waals surface area contributed by atoms with Crippen molar-refractivity contribution >= 4 is 40.1 Å². The average Bonchev–Trinajstić information content (AvgIpc) is 3.12. The number of benzene rings is 2. The quantitative estimate of drug-likeness (QED) is 0.219. The molecule has 6 atom stereocenters. The third kappa shape index (κ3) is 9.19. The lowest BCUT2D eigenvalue weighted by atomic mass is 9.85. The van der Waals surface area contributed by atoms with Crippen molar-refractivity contribution in [1.82, 2.24) is 4.90 Å². The largest absolute Gasteiger partial charge is 0.439 e. The Labute approximate surface area is 303 Å². The topological polar surface area (TPSA) is 189 Å². The molecule has 0 saturated heterocycles. The number of nitrogens with two attached hydrogens (primary N) is 2. The van der Waals surface area contributed by atoms with Crippen LogP contribution in [-0.2, 0) is 28.6 Å². The van der Waals surface area contributed by atoms with Gasteiger partial charge in [0.05, 0.1) is 30.1 Å². The van der Waals surface area contributed by atoms with E-state index >= 15 is 0 Å². The summed E-state index contributed by atoms with van der Waals surface area (Å²) in [6, 6.07) is 12.6. The lowest BCUT2D eigenvalue weighted by Gasteiger charge is -2.30. The van der Waals surface area contributed by atoms with E-state index in [2.05, 4.69) is 0 Å². The Hall–Kier alpha value is -5.17. The smallest absolute Gasteiger partial charge is 0.405 e. The summed E-state index contributed by atoms with van der Waals surface area (Å²) in [6.07, 6.45) is 2.92. The van der Waals surface area contributed by atoms with Crippen LogP contribution in [0.3, 0.4) is 0 Å². The highest BCUT2D eigenvalue weighted by atomic mass is 16.6. The minimum absolute atomic E-state index is 0.00732. The van der Waals surface area contributed by atoms with E-state index in [-0.39, 0.29) is 41.3 Å². The highest BCUT2D eigenvalue weighted by molar-refractivity contribution is 6.24. The van der Waals surface area contributed by atoms with Gasteiger partial charge in [0.15, 0.2) is 11.9 Å². The van der Waals surface area contributed by atoms with Gasteiger partial charge < -0.3 is 30.8 Å². The summed E-state index contributed by atoms with van der Waals surface area (Å²) < 4.78 is 16.7. The SMILES string of the molecule is CO[C@H]1/C=C\C=C(/C)C(=O)N(CC(=O)c2ccc3ccccc3c2)C2=CC(=O)C(N)=C(C[C@@H](C)C[C@H](OC)[C@H](O)[C@@H](C)/C=C(\C)[C@@H]1OC(N)=O)C2=O. The van der Waals surface area contributed by atoms with E-state index in [9.17, 15) is 29.1 Å². The first-order chi connectivity index (χ1) is 24.7. The molecule has 52 heavy (non-hydrogen) atoms. The highest BCUT2D eigenvalue weighted by Crippen LogP contribution is 2.30. The van der Waals surface area contributed by atoms with E-state index in [1.54, 1.807) is 44.2 Å². The molecule has 0 aromatic heterocycles. The van der Waals surface area contributed by atoms with Gasteiger partial charge in [-0.25, -0.2) is 4.79 Å². The monoisotopic (exact) mass is 713 g/mol. The molecule has 2 bridgehead atoms. The van der Waals surface area contributed by atoms with E-state index < -0.39 is 66.2 Å². The van der Waals surface area contributed by atoms with Crippen LogP contribution < -0.4 is 11.5 Å². The molecule has 0 fully saturated rings. The molecule has 12 nitrogen and oxygen atoms in total. The first-order valence-corrected chi connectivity index (χ1v) is 17.0. The molecule has 1 aliphatic carbocycles. The second-order valence-corrected chi connectivity index (χ2v) is 13.4. The number of carbonyl (C=O) groups is 5. The molecule has 0 spiro atoms. The van der Waals surface area contributed by atoms with Gasteiger partial charge in [0.2, 0.25) is 11.6 Å². The van der Waals surface area contributed by atoms with Crippen molar-refractivity contribution in [3.05, 3.63) is 107 Å². The molecule has 5 N–H and O–H groups in total. The van der Waals surface area contributed by atoms with Crippen LogP contribution in [0.4, 0.5) is 4.79 Å². The van der Waals surface area contributed by atoms with Gasteiger partial charge in [-0.05, 0) is 55.0 Å². The van der Waals surface area contributed by atoms with Gasteiger partial charge in [-0.1, -0.05) is 74.5 Å². The fourth-order valence-corrected chi connectivity index (χ4v) is 6.55. The molecular weight excluding hydrogens is 666 g/mol. The third-order valence-corrected chi connectivity index (χ3v) is 9.46. The molecule has 0 radical (unpaired) electrons.